The first-order valence-electron chi connectivity index (χ1n) is 5.46. The molecule has 1 aromatic carbocycles. The van der Waals surface area contributed by atoms with Gasteiger partial charge in [0, 0.05) is 0 Å². The SMILES string of the molecule is O=C(NC1(C(=O)O)CCC1)c1cccc(Br)c1F. The van der Waals surface area contributed by atoms with Crippen LogP contribution in [0.1, 0.15) is 29.6 Å². The van der Waals surface area contributed by atoms with Gasteiger partial charge in [0.15, 0.2) is 0 Å². The van der Waals surface area contributed by atoms with Crippen molar-refractivity contribution in [2.45, 2.75) is 24.8 Å². The molecule has 0 heterocycles. The molecule has 0 aromatic heterocycles. The second-order valence-corrected chi connectivity index (χ2v) is 5.15. The van der Waals surface area contributed by atoms with Gasteiger partial charge < -0.3 is 10.4 Å². The molecular formula is C12H11BrFNO3. The van der Waals surface area contributed by atoms with Gasteiger partial charge in [-0.1, -0.05) is 6.07 Å². The molecule has 2 N–H and O–H groups in total. The van der Waals surface area contributed by atoms with Crippen LogP contribution in [0.4, 0.5) is 4.39 Å². The molecule has 96 valence electrons. The van der Waals surface area contributed by atoms with Gasteiger partial charge in [0.2, 0.25) is 0 Å². The van der Waals surface area contributed by atoms with Crippen LogP contribution in [0.2, 0.25) is 0 Å². The number of halogens is 2. The average Bonchev–Trinajstić information content (AvgIpc) is 2.26. The van der Waals surface area contributed by atoms with Crippen LogP contribution in [0.5, 0.6) is 0 Å². The van der Waals surface area contributed by atoms with Gasteiger partial charge in [-0.2, -0.15) is 0 Å². The van der Waals surface area contributed by atoms with E-state index in [2.05, 4.69) is 21.2 Å². The molecular weight excluding hydrogens is 305 g/mol. The van der Waals surface area contributed by atoms with Crippen LogP contribution in [-0.2, 0) is 4.79 Å². The van der Waals surface area contributed by atoms with Gasteiger partial charge in [0.1, 0.15) is 11.4 Å². The van der Waals surface area contributed by atoms with Gasteiger partial charge in [0.25, 0.3) is 5.91 Å². The topological polar surface area (TPSA) is 66.4 Å². The first kappa shape index (κ1) is 13.0. The Kier molecular flexibility index (Phi) is 3.38. The maximum Gasteiger partial charge on any atom is 0.329 e. The number of benzene rings is 1. The van der Waals surface area contributed by atoms with Crippen LogP contribution >= 0.6 is 15.9 Å². The fraction of sp³-hybridized carbons (Fsp3) is 0.333. The zero-order valence-electron chi connectivity index (χ0n) is 9.37. The largest absolute Gasteiger partial charge is 0.480 e. The molecule has 1 amide bonds. The third-order valence-electron chi connectivity index (χ3n) is 3.17. The van der Waals surface area contributed by atoms with E-state index in [9.17, 15) is 14.0 Å². The Labute approximate surface area is 111 Å². The maximum absolute atomic E-state index is 13.7. The molecule has 1 fully saturated rings. The van der Waals surface area contributed by atoms with E-state index in [-0.39, 0.29) is 10.0 Å². The number of hydrogen-bond donors (Lipinski definition) is 2. The van der Waals surface area contributed by atoms with E-state index in [1.54, 1.807) is 0 Å². The Bertz CT molecular complexity index is 514. The fourth-order valence-electron chi connectivity index (χ4n) is 1.89. The second-order valence-electron chi connectivity index (χ2n) is 4.30. The molecule has 0 radical (unpaired) electrons. The summed E-state index contributed by atoms with van der Waals surface area (Å²) in [4.78, 5) is 23.0. The zero-order valence-corrected chi connectivity index (χ0v) is 11.0. The van der Waals surface area contributed by atoms with Gasteiger partial charge in [-0.3, -0.25) is 4.79 Å². The molecule has 0 unspecified atom stereocenters. The molecule has 0 bridgehead atoms. The first-order valence-corrected chi connectivity index (χ1v) is 6.25. The van der Waals surface area contributed by atoms with E-state index < -0.39 is 23.2 Å². The predicted molar refractivity (Wildman–Crippen MR) is 65.8 cm³/mol. The average molecular weight is 316 g/mol. The number of carbonyl (C=O) groups is 2. The van der Waals surface area contributed by atoms with Crippen molar-refractivity contribution < 1.29 is 19.1 Å². The first-order chi connectivity index (χ1) is 8.46. The summed E-state index contributed by atoms with van der Waals surface area (Å²) in [6, 6.07) is 4.32. The molecule has 6 heteroatoms. The van der Waals surface area contributed by atoms with Crippen LogP contribution in [0.3, 0.4) is 0 Å². The quantitative estimate of drug-likeness (QED) is 0.899. The number of carboxylic acids is 1. The lowest BCUT2D eigenvalue weighted by atomic mass is 9.76. The van der Waals surface area contributed by atoms with Gasteiger partial charge in [-0.05, 0) is 47.3 Å². The van der Waals surface area contributed by atoms with Crippen molar-refractivity contribution in [2.24, 2.45) is 0 Å². The monoisotopic (exact) mass is 315 g/mol. The highest BCUT2D eigenvalue weighted by atomic mass is 79.9. The smallest absolute Gasteiger partial charge is 0.329 e. The summed E-state index contributed by atoms with van der Waals surface area (Å²) in [7, 11) is 0. The number of aliphatic carboxylic acids is 1. The van der Waals surface area contributed by atoms with Crippen molar-refractivity contribution in [3.63, 3.8) is 0 Å². The van der Waals surface area contributed by atoms with E-state index in [1.165, 1.54) is 18.2 Å². The van der Waals surface area contributed by atoms with Crippen molar-refractivity contribution in [3.05, 3.63) is 34.1 Å². The van der Waals surface area contributed by atoms with E-state index in [1.807, 2.05) is 0 Å². The van der Waals surface area contributed by atoms with Crippen LogP contribution in [-0.4, -0.2) is 22.5 Å². The summed E-state index contributed by atoms with van der Waals surface area (Å²) in [6.07, 6.45) is 1.50. The molecule has 0 spiro atoms. The number of nitrogens with one attached hydrogen (secondary N) is 1. The highest BCUT2D eigenvalue weighted by molar-refractivity contribution is 9.10. The second kappa shape index (κ2) is 4.68. The Balaban J connectivity index is 2.22. The lowest BCUT2D eigenvalue weighted by Gasteiger charge is -2.38. The number of rotatable bonds is 3. The molecule has 1 aliphatic carbocycles. The molecule has 1 aliphatic rings. The Morgan fingerprint density at radius 1 is 1.39 bits per heavy atom. The molecule has 4 nitrogen and oxygen atoms in total. The number of amides is 1. The van der Waals surface area contributed by atoms with Crippen molar-refractivity contribution in [3.8, 4) is 0 Å². The summed E-state index contributed by atoms with van der Waals surface area (Å²) >= 11 is 2.98. The van der Waals surface area contributed by atoms with E-state index >= 15 is 0 Å². The standard InChI is InChI=1S/C12H11BrFNO3/c13-8-4-1-3-7(9(8)14)10(16)15-12(11(17)18)5-2-6-12/h1,3-4H,2,5-6H2,(H,15,16)(H,17,18). The van der Waals surface area contributed by atoms with Crippen LogP contribution in [0.25, 0.3) is 0 Å². The van der Waals surface area contributed by atoms with Crippen LogP contribution < -0.4 is 5.32 Å². The van der Waals surface area contributed by atoms with Gasteiger partial charge in [-0.15, -0.1) is 0 Å². The van der Waals surface area contributed by atoms with Crippen molar-refractivity contribution in [1.82, 2.24) is 5.32 Å². The van der Waals surface area contributed by atoms with Crippen LogP contribution in [0.15, 0.2) is 22.7 Å². The summed E-state index contributed by atoms with van der Waals surface area (Å²) in [5.74, 6) is -2.46. The molecule has 0 atom stereocenters. The van der Waals surface area contributed by atoms with E-state index in [0.717, 1.165) is 6.42 Å². The molecule has 18 heavy (non-hydrogen) atoms. The Morgan fingerprint density at radius 2 is 2.06 bits per heavy atom. The summed E-state index contributed by atoms with van der Waals surface area (Å²) in [5.41, 5.74) is -1.39. The lowest BCUT2D eigenvalue weighted by molar-refractivity contribution is -0.148. The van der Waals surface area contributed by atoms with Crippen LogP contribution in [0, 0.1) is 5.82 Å². The van der Waals surface area contributed by atoms with Gasteiger partial charge in [0.05, 0.1) is 10.0 Å². The third kappa shape index (κ3) is 2.12. The van der Waals surface area contributed by atoms with E-state index in [0.29, 0.717) is 12.8 Å². The Hall–Kier alpha value is -1.43. The fourth-order valence-corrected chi connectivity index (χ4v) is 2.25. The minimum Gasteiger partial charge on any atom is -0.480 e. The highest BCUT2D eigenvalue weighted by Gasteiger charge is 2.46. The number of carbonyl (C=O) groups excluding carboxylic acids is 1. The minimum atomic E-state index is -1.23. The summed E-state index contributed by atoms with van der Waals surface area (Å²) in [5, 5.41) is 11.5. The highest BCUT2D eigenvalue weighted by Crippen LogP contribution is 2.32. The van der Waals surface area contributed by atoms with Crippen molar-refractivity contribution in [1.29, 1.82) is 0 Å². The predicted octanol–water partition coefficient (Wildman–Crippen LogP) is 2.33. The molecule has 0 aliphatic heterocycles. The van der Waals surface area contributed by atoms with Gasteiger partial charge in [-0.25, -0.2) is 9.18 Å². The molecule has 0 saturated heterocycles. The summed E-state index contributed by atoms with van der Waals surface area (Å²) < 4.78 is 13.9. The minimum absolute atomic E-state index is 0.156. The van der Waals surface area contributed by atoms with Crippen molar-refractivity contribution >= 4 is 27.8 Å². The third-order valence-corrected chi connectivity index (χ3v) is 3.78. The molecule has 2 rings (SSSR count). The van der Waals surface area contributed by atoms with Gasteiger partial charge >= 0.3 is 5.97 Å². The number of carboxylic acid groups (broad SMARTS) is 1. The lowest BCUT2D eigenvalue weighted by Crippen LogP contribution is -2.59. The molecule has 1 aromatic rings. The summed E-state index contributed by atoms with van der Waals surface area (Å²) in [6.45, 7) is 0. The molecule has 1 saturated carbocycles. The van der Waals surface area contributed by atoms with Crippen molar-refractivity contribution in [2.75, 3.05) is 0 Å². The zero-order chi connectivity index (χ0) is 13.3. The number of hydrogen-bond acceptors (Lipinski definition) is 2. The normalized spacial score (nSPS) is 16.8. The van der Waals surface area contributed by atoms with E-state index in [4.69, 9.17) is 5.11 Å². The maximum atomic E-state index is 13.7. The Morgan fingerprint density at radius 3 is 2.56 bits per heavy atom.